The van der Waals surface area contributed by atoms with E-state index in [9.17, 15) is 0 Å². The van der Waals surface area contributed by atoms with E-state index in [0.717, 1.165) is 32.8 Å². The van der Waals surface area contributed by atoms with E-state index < -0.39 is 0 Å². The van der Waals surface area contributed by atoms with Crippen LogP contribution in [0.15, 0.2) is 0 Å². The van der Waals surface area contributed by atoms with Gasteiger partial charge in [0.2, 0.25) is 0 Å². The standard InChI is InChI=1S/C10H21NO2/c1-9(2)12-6-4-11-5-7-13-10(3)8-11/h9-10H,4-8H2,1-3H3. The molecule has 0 aromatic carbocycles. The highest BCUT2D eigenvalue weighted by molar-refractivity contribution is 4.67. The van der Waals surface area contributed by atoms with Crippen LogP contribution >= 0.6 is 0 Å². The molecule has 1 heterocycles. The van der Waals surface area contributed by atoms with Gasteiger partial charge >= 0.3 is 0 Å². The summed E-state index contributed by atoms with van der Waals surface area (Å²) >= 11 is 0. The van der Waals surface area contributed by atoms with Crippen LogP contribution in [-0.2, 0) is 9.47 Å². The smallest absolute Gasteiger partial charge is 0.0674 e. The first-order chi connectivity index (χ1) is 6.18. The molecule has 1 aliphatic heterocycles. The normalized spacial score (nSPS) is 25.4. The number of hydrogen-bond acceptors (Lipinski definition) is 3. The van der Waals surface area contributed by atoms with E-state index in [-0.39, 0.29) is 0 Å². The topological polar surface area (TPSA) is 21.7 Å². The third kappa shape index (κ3) is 4.60. The van der Waals surface area contributed by atoms with Gasteiger partial charge in [-0.25, -0.2) is 0 Å². The van der Waals surface area contributed by atoms with Crippen molar-refractivity contribution in [2.75, 3.05) is 32.8 Å². The van der Waals surface area contributed by atoms with Crippen molar-refractivity contribution in [2.45, 2.75) is 33.0 Å². The van der Waals surface area contributed by atoms with E-state index in [1.54, 1.807) is 0 Å². The summed E-state index contributed by atoms with van der Waals surface area (Å²) in [6.07, 6.45) is 0.728. The summed E-state index contributed by atoms with van der Waals surface area (Å²) < 4.78 is 11.0. The van der Waals surface area contributed by atoms with Gasteiger partial charge in [0.1, 0.15) is 0 Å². The van der Waals surface area contributed by atoms with E-state index in [1.807, 2.05) is 0 Å². The molecule has 1 aliphatic rings. The molecule has 0 N–H and O–H groups in total. The Morgan fingerprint density at radius 2 is 2.31 bits per heavy atom. The summed E-state index contributed by atoms with van der Waals surface area (Å²) in [6, 6.07) is 0. The largest absolute Gasteiger partial charge is 0.377 e. The summed E-state index contributed by atoms with van der Waals surface area (Å²) in [4.78, 5) is 2.40. The van der Waals surface area contributed by atoms with Crippen molar-refractivity contribution in [3.8, 4) is 0 Å². The minimum Gasteiger partial charge on any atom is -0.377 e. The maximum atomic E-state index is 5.50. The van der Waals surface area contributed by atoms with Crippen LogP contribution in [0.2, 0.25) is 0 Å². The maximum Gasteiger partial charge on any atom is 0.0674 e. The number of nitrogens with zero attached hydrogens (tertiary/aromatic N) is 1. The SMILES string of the molecule is CC(C)OCCN1CCOC(C)C1. The fourth-order valence-corrected chi connectivity index (χ4v) is 1.51. The molecule has 13 heavy (non-hydrogen) atoms. The Hall–Kier alpha value is -0.120. The summed E-state index contributed by atoms with van der Waals surface area (Å²) in [6.45, 7) is 11.1. The predicted molar refractivity (Wildman–Crippen MR) is 52.9 cm³/mol. The van der Waals surface area contributed by atoms with Gasteiger partial charge in [0.25, 0.3) is 0 Å². The van der Waals surface area contributed by atoms with Gasteiger partial charge < -0.3 is 9.47 Å². The molecule has 0 aromatic rings. The molecule has 0 bridgehead atoms. The molecule has 1 saturated heterocycles. The highest BCUT2D eigenvalue weighted by atomic mass is 16.5. The molecule has 1 rings (SSSR count). The van der Waals surface area contributed by atoms with Gasteiger partial charge in [0.05, 0.1) is 25.4 Å². The fourth-order valence-electron chi connectivity index (χ4n) is 1.51. The van der Waals surface area contributed by atoms with E-state index >= 15 is 0 Å². The number of morpholine rings is 1. The Morgan fingerprint density at radius 1 is 1.54 bits per heavy atom. The lowest BCUT2D eigenvalue weighted by Crippen LogP contribution is -2.42. The molecule has 1 fully saturated rings. The van der Waals surface area contributed by atoms with Crippen LogP contribution in [0.4, 0.5) is 0 Å². The van der Waals surface area contributed by atoms with Gasteiger partial charge in [-0.05, 0) is 20.8 Å². The first kappa shape index (κ1) is 11.0. The molecule has 3 nitrogen and oxygen atoms in total. The Balaban J connectivity index is 2.06. The second kappa shape index (κ2) is 5.58. The average molecular weight is 187 g/mol. The first-order valence-electron chi connectivity index (χ1n) is 5.14. The molecule has 0 aromatic heterocycles. The van der Waals surface area contributed by atoms with Crippen molar-refractivity contribution in [1.29, 1.82) is 0 Å². The van der Waals surface area contributed by atoms with Crippen LogP contribution in [0, 0.1) is 0 Å². The number of ether oxygens (including phenoxy) is 2. The Kier molecular flexibility index (Phi) is 4.70. The van der Waals surface area contributed by atoms with Crippen molar-refractivity contribution in [3.63, 3.8) is 0 Å². The third-order valence-corrected chi connectivity index (χ3v) is 2.18. The Labute approximate surface area is 81.0 Å². The van der Waals surface area contributed by atoms with Crippen LogP contribution in [0.3, 0.4) is 0 Å². The summed E-state index contributed by atoms with van der Waals surface area (Å²) in [5.41, 5.74) is 0. The summed E-state index contributed by atoms with van der Waals surface area (Å²) in [5.74, 6) is 0. The molecule has 0 radical (unpaired) electrons. The molecule has 78 valence electrons. The predicted octanol–water partition coefficient (Wildman–Crippen LogP) is 1.13. The fraction of sp³-hybridized carbons (Fsp3) is 1.00. The summed E-state index contributed by atoms with van der Waals surface area (Å²) in [5, 5.41) is 0. The van der Waals surface area contributed by atoms with Crippen LogP contribution in [0.5, 0.6) is 0 Å². The molecule has 0 spiro atoms. The van der Waals surface area contributed by atoms with Crippen molar-refractivity contribution in [2.24, 2.45) is 0 Å². The van der Waals surface area contributed by atoms with Crippen LogP contribution in [0.1, 0.15) is 20.8 Å². The monoisotopic (exact) mass is 187 g/mol. The summed E-state index contributed by atoms with van der Waals surface area (Å²) in [7, 11) is 0. The third-order valence-electron chi connectivity index (χ3n) is 2.18. The van der Waals surface area contributed by atoms with Crippen LogP contribution < -0.4 is 0 Å². The Morgan fingerprint density at radius 3 is 2.92 bits per heavy atom. The molecule has 1 atom stereocenters. The van der Waals surface area contributed by atoms with Gasteiger partial charge in [-0.1, -0.05) is 0 Å². The zero-order chi connectivity index (χ0) is 9.68. The van der Waals surface area contributed by atoms with E-state index in [4.69, 9.17) is 9.47 Å². The molecular formula is C10H21NO2. The van der Waals surface area contributed by atoms with Gasteiger partial charge in [0.15, 0.2) is 0 Å². The second-order valence-electron chi connectivity index (χ2n) is 3.90. The minimum atomic E-state index is 0.346. The number of rotatable bonds is 4. The lowest BCUT2D eigenvalue weighted by Gasteiger charge is -2.31. The second-order valence-corrected chi connectivity index (χ2v) is 3.90. The van der Waals surface area contributed by atoms with Crippen LogP contribution in [0.25, 0.3) is 0 Å². The van der Waals surface area contributed by atoms with Gasteiger partial charge in [-0.15, -0.1) is 0 Å². The van der Waals surface area contributed by atoms with Crippen LogP contribution in [-0.4, -0.2) is 50.0 Å². The lowest BCUT2D eigenvalue weighted by atomic mass is 10.3. The van der Waals surface area contributed by atoms with Gasteiger partial charge in [-0.2, -0.15) is 0 Å². The van der Waals surface area contributed by atoms with Crippen molar-refractivity contribution in [1.82, 2.24) is 4.90 Å². The van der Waals surface area contributed by atoms with E-state index in [0.29, 0.717) is 12.2 Å². The molecule has 0 aliphatic carbocycles. The lowest BCUT2D eigenvalue weighted by molar-refractivity contribution is -0.0312. The highest BCUT2D eigenvalue weighted by Gasteiger charge is 2.15. The molecule has 0 saturated carbocycles. The maximum absolute atomic E-state index is 5.50. The van der Waals surface area contributed by atoms with Crippen molar-refractivity contribution in [3.05, 3.63) is 0 Å². The van der Waals surface area contributed by atoms with E-state index in [2.05, 4.69) is 25.7 Å². The van der Waals surface area contributed by atoms with Crippen molar-refractivity contribution < 1.29 is 9.47 Å². The molecule has 3 heteroatoms. The molecule has 1 unspecified atom stereocenters. The first-order valence-corrected chi connectivity index (χ1v) is 5.14. The number of hydrogen-bond donors (Lipinski definition) is 0. The van der Waals surface area contributed by atoms with Crippen molar-refractivity contribution >= 4 is 0 Å². The quantitative estimate of drug-likeness (QED) is 0.658. The zero-order valence-corrected chi connectivity index (χ0v) is 8.95. The average Bonchev–Trinajstić information content (AvgIpc) is 2.03. The Bertz CT molecular complexity index is 139. The molecular weight excluding hydrogens is 166 g/mol. The zero-order valence-electron chi connectivity index (χ0n) is 8.95. The van der Waals surface area contributed by atoms with E-state index in [1.165, 1.54) is 0 Å². The van der Waals surface area contributed by atoms with Gasteiger partial charge in [0, 0.05) is 19.6 Å². The molecule has 0 amide bonds. The highest BCUT2D eigenvalue weighted by Crippen LogP contribution is 2.03. The minimum absolute atomic E-state index is 0.346. The van der Waals surface area contributed by atoms with Gasteiger partial charge in [-0.3, -0.25) is 4.90 Å².